The number of likely N-dealkylation sites (tertiary alicyclic amines) is 1. The molecule has 128 valence electrons. The maximum atomic E-state index is 12.4. The summed E-state index contributed by atoms with van der Waals surface area (Å²) in [5.41, 5.74) is -0.626. The van der Waals surface area contributed by atoms with Crippen LogP contribution in [0.2, 0.25) is 5.02 Å². The lowest BCUT2D eigenvalue weighted by Crippen LogP contribution is -2.56. The van der Waals surface area contributed by atoms with Crippen molar-refractivity contribution in [2.45, 2.75) is 32.3 Å². The van der Waals surface area contributed by atoms with Gasteiger partial charge < -0.3 is 19.8 Å². The van der Waals surface area contributed by atoms with Crippen molar-refractivity contribution >= 4 is 17.5 Å². The molecule has 0 aromatic heterocycles. The number of halogens is 1. The van der Waals surface area contributed by atoms with E-state index >= 15 is 0 Å². The highest BCUT2D eigenvalue weighted by Crippen LogP contribution is 2.34. The molecule has 5 nitrogen and oxygen atoms in total. The zero-order valence-electron chi connectivity index (χ0n) is 13.4. The maximum Gasteiger partial charge on any atom is 0.260 e. The molecule has 0 bridgehead atoms. The Bertz CT molecular complexity index is 539. The summed E-state index contributed by atoms with van der Waals surface area (Å²) in [6.45, 7) is 2.64. The summed E-state index contributed by atoms with van der Waals surface area (Å²) in [6.07, 6.45) is 1.43. The number of piperidine rings is 1. The monoisotopic (exact) mass is 341 g/mol. The molecule has 2 N–H and O–H groups in total. The Labute approximate surface area is 141 Å². The summed E-state index contributed by atoms with van der Waals surface area (Å²) < 4.78 is 5.49. The van der Waals surface area contributed by atoms with Crippen LogP contribution in [-0.2, 0) is 4.79 Å². The van der Waals surface area contributed by atoms with E-state index in [1.165, 1.54) is 0 Å². The first kappa shape index (κ1) is 18.0. The van der Waals surface area contributed by atoms with Crippen LogP contribution in [0.1, 0.15) is 26.2 Å². The summed E-state index contributed by atoms with van der Waals surface area (Å²) in [5.74, 6) is 0.399. The zero-order valence-corrected chi connectivity index (χ0v) is 14.1. The summed E-state index contributed by atoms with van der Waals surface area (Å²) in [4.78, 5) is 14.0. The third kappa shape index (κ3) is 4.37. The quantitative estimate of drug-likeness (QED) is 0.831. The molecule has 0 unspecified atom stereocenters. The van der Waals surface area contributed by atoms with E-state index in [0.29, 0.717) is 36.7 Å². The number of benzene rings is 1. The zero-order chi connectivity index (χ0) is 16.9. The maximum absolute atomic E-state index is 12.4. The topological polar surface area (TPSA) is 70.0 Å². The Morgan fingerprint density at radius 2 is 2.30 bits per heavy atom. The van der Waals surface area contributed by atoms with E-state index in [0.717, 1.165) is 6.42 Å². The molecule has 1 aliphatic heterocycles. The average molecular weight is 342 g/mol. The van der Waals surface area contributed by atoms with Gasteiger partial charge in [-0.25, -0.2) is 0 Å². The summed E-state index contributed by atoms with van der Waals surface area (Å²) in [5, 5.41) is 20.5. The standard InChI is InChI=1S/C17H24ClNO4/c1-2-7-17(12-20)11-19(8-6-15(17)21)16(22)10-23-14-5-3-4-13(18)9-14/h3-5,9,15,20-21H,2,6-8,10-12H2,1H3/t15-,17+/m1/s1. The normalized spacial score (nSPS) is 24.5. The van der Waals surface area contributed by atoms with Gasteiger partial charge in [-0.2, -0.15) is 0 Å². The van der Waals surface area contributed by atoms with Crippen molar-refractivity contribution in [1.82, 2.24) is 4.90 Å². The number of nitrogens with zero attached hydrogens (tertiary/aromatic N) is 1. The van der Waals surface area contributed by atoms with E-state index in [-0.39, 0.29) is 19.1 Å². The molecule has 0 aliphatic carbocycles. The number of hydrogen-bond donors (Lipinski definition) is 2. The molecule has 1 aromatic carbocycles. The summed E-state index contributed by atoms with van der Waals surface area (Å²) in [7, 11) is 0. The largest absolute Gasteiger partial charge is 0.484 e. The Kier molecular flexibility index (Phi) is 6.27. The second-order valence-corrected chi connectivity index (χ2v) is 6.57. The number of rotatable bonds is 6. The number of hydrogen-bond acceptors (Lipinski definition) is 4. The van der Waals surface area contributed by atoms with Crippen molar-refractivity contribution in [3.05, 3.63) is 29.3 Å². The molecule has 0 radical (unpaired) electrons. The van der Waals surface area contributed by atoms with Crippen molar-refractivity contribution in [2.24, 2.45) is 5.41 Å². The van der Waals surface area contributed by atoms with Gasteiger partial charge in [0.05, 0.1) is 12.7 Å². The minimum atomic E-state index is -0.626. The molecule has 1 amide bonds. The molecule has 23 heavy (non-hydrogen) atoms. The molecule has 2 atom stereocenters. The SMILES string of the molecule is CCC[C@@]1(CO)CN(C(=O)COc2cccc(Cl)c2)CC[C@H]1O. The first-order valence-electron chi connectivity index (χ1n) is 7.96. The molecule has 0 saturated carbocycles. The molecule has 1 aromatic rings. The summed E-state index contributed by atoms with van der Waals surface area (Å²) >= 11 is 5.88. The number of carbonyl (C=O) groups is 1. The van der Waals surface area contributed by atoms with Crippen LogP contribution in [0.25, 0.3) is 0 Å². The molecular formula is C17H24ClNO4. The van der Waals surface area contributed by atoms with Crippen molar-refractivity contribution in [2.75, 3.05) is 26.3 Å². The van der Waals surface area contributed by atoms with Crippen LogP contribution in [-0.4, -0.2) is 53.4 Å². The van der Waals surface area contributed by atoms with Crippen LogP contribution in [0.4, 0.5) is 0 Å². The number of ether oxygens (including phenoxy) is 1. The van der Waals surface area contributed by atoms with Crippen molar-refractivity contribution in [1.29, 1.82) is 0 Å². The Balaban J connectivity index is 1.96. The smallest absolute Gasteiger partial charge is 0.260 e. The van der Waals surface area contributed by atoms with Gasteiger partial charge in [0.1, 0.15) is 5.75 Å². The first-order valence-corrected chi connectivity index (χ1v) is 8.33. The van der Waals surface area contributed by atoms with E-state index in [4.69, 9.17) is 16.3 Å². The van der Waals surface area contributed by atoms with Crippen LogP contribution in [0.3, 0.4) is 0 Å². The fourth-order valence-corrected chi connectivity index (χ4v) is 3.31. The van der Waals surface area contributed by atoms with Gasteiger partial charge in [0.15, 0.2) is 6.61 Å². The van der Waals surface area contributed by atoms with Gasteiger partial charge in [-0.3, -0.25) is 4.79 Å². The van der Waals surface area contributed by atoms with Crippen molar-refractivity contribution in [3.8, 4) is 5.75 Å². The minimum absolute atomic E-state index is 0.0793. The third-order valence-corrected chi connectivity index (χ3v) is 4.69. The van der Waals surface area contributed by atoms with Crippen molar-refractivity contribution in [3.63, 3.8) is 0 Å². The van der Waals surface area contributed by atoms with Gasteiger partial charge in [-0.1, -0.05) is 31.0 Å². The Morgan fingerprint density at radius 3 is 2.96 bits per heavy atom. The van der Waals surface area contributed by atoms with E-state index in [2.05, 4.69) is 0 Å². The lowest BCUT2D eigenvalue weighted by molar-refractivity contribution is -0.144. The minimum Gasteiger partial charge on any atom is -0.484 e. The van der Waals surface area contributed by atoms with Crippen LogP contribution >= 0.6 is 11.6 Å². The van der Waals surface area contributed by atoms with Crippen LogP contribution < -0.4 is 4.74 Å². The van der Waals surface area contributed by atoms with Crippen LogP contribution in [0.5, 0.6) is 5.75 Å². The fraction of sp³-hybridized carbons (Fsp3) is 0.588. The van der Waals surface area contributed by atoms with Gasteiger partial charge in [0, 0.05) is 23.5 Å². The molecule has 1 aliphatic rings. The number of amides is 1. The van der Waals surface area contributed by atoms with E-state index in [9.17, 15) is 15.0 Å². The second kappa shape index (κ2) is 7.99. The molecule has 2 rings (SSSR count). The predicted molar refractivity (Wildman–Crippen MR) is 88.6 cm³/mol. The van der Waals surface area contributed by atoms with E-state index in [1.54, 1.807) is 29.2 Å². The molecular weight excluding hydrogens is 318 g/mol. The molecule has 1 fully saturated rings. The van der Waals surface area contributed by atoms with Gasteiger partial charge in [0.25, 0.3) is 5.91 Å². The van der Waals surface area contributed by atoms with Crippen molar-refractivity contribution < 1.29 is 19.7 Å². The lowest BCUT2D eigenvalue weighted by Gasteiger charge is -2.45. The molecule has 1 saturated heterocycles. The number of carbonyl (C=O) groups excluding carboxylic acids is 1. The van der Waals surface area contributed by atoms with Crippen LogP contribution in [0.15, 0.2) is 24.3 Å². The molecule has 0 spiro atoms. The Hall–Kier alpha value is -1.30. The van der Waals surface area contributed by atoms with E-state index in [1.807, 2.05) is 6.92 Å². The number of aliphatic hydroxyl groups excluding tert-OH is 2. The molecule has 1 heterocycles. The first-order chi connectivity index (χ1) is 11.0. The highest BCUT2D eigenvalue weighted by Gasteiger charge is 2.42. The van der Waals surface area contributed by atoms with Gasteiger partial charge in [-0.15, -0.1) is 0 Å². The Morgan fingerprint density at radius 1 is 1.52 bits per heavy atom. The van der Waals surface area contributed by atoms with Gasteiger partial charge in [0.2, 0.25) is 0 Å². The summed E-state index contributed by atoms with van der Waals surface area (Å²) in [6, 6.07) is 6.90. The fourth-order valence-electron chi connectivity index (χ4n) is 3.13. The second-order valence-electron chi connectivity index (χ2n) is 6.14. The third-order valence-electron chi connectivity index (χ3n) is 4.46. The average Bonchev–Trinajstić information content (AvgIpc) is 2.55. The lowest BCUT2D eigenvalue weighted by atomic mass is 9.74. The molecule has 6 heteroatoms. The highest BCUT2D eigenvalue weighted by molar-refractivity contribution is 6.30. The van der Waals surface area contributed by atoms with Gasteiger partial charge >= 0.3 is 0 Å². The van der Waals surface area contributed by atoms with Gasteiger partial charge in [-0.05, 0) is 31.0 Å². The van der Waals surface area contributed by atoms with Crippen LogP contribution in [0, 0.1) is 5.41 Å². The highest BCUT2D eigenvalue weighted by atomic mass is 35.5. The predicted octanol–water partition coefficient (Wildman–Crippen LogP) is 2.09. The van der Waals surface area contributed by atoms with E-state index < -0.39 is 11.5 Å². The number of aliphatic hydroxyl groups is 2.